The molecule has 0 radical (unpaired) electrons. The van der Waals surface area contributed by atoms with Crippen LogP contribution in [-0.4, -0.2) is 53.4 Å². The fourth-order valence-corrected chi connectivity index (χ4v) is 5.14. The lowest BCUT2D eigenvalue weighted by Crippen LogP contribution is -2.36. The Bertz CT molecular complexity index is 1560. The molecule has 0 atom stereocenters. The lowest BCUT2D eigenvalue weighted by molar-refractivity contribution is 0.0524. The molecule has 6 rings (SSSR count). The van der Waals surface area contributed by atoms with Crippen molar-refractivity contribution in [3.8, 4) is 5.69 Å². The van der Waals surface area contributed by atoms with Crippen LogP contribution < -0.4 is 15.6 Å². The van der Waals surface area contributed by atoms with Gasteiger partial charge in [0.15, 0.2) is 5.65 Å². The number of carbonyl (C=O) groups is 1. The van der Waals surface area contributed by atoms with Gasteiger partial charge in [0.1, 0.15) is 5.56 Å². The summed E-state index contributed by atoms with van der Waals surface area (Å²) in [5, 5.41) is 3.51. The number of fused-ring (bicyclic) bond motifs is 2. The van der Waals surface area contributed by atoms with Crippen LogP contribution in [0.3, 0.4) is 0 Å². The maximum atomic E-state index is 13.2. The normalized spacial score (nSPS) is 14.9. The third kappa shape index (κ3) is 4.61. The highest BCUT2D eigenvalue weighted by Crippen LogP contribution is 2.27. The number of pyridine rings is 1. The number of ether oxygens (including phenoxy) is 2. The van der Waals surface area contributed by atoms with Crippen LogP contribution in [-0.2, 0) is 22.3 Å². The van der Waals surface area contributed by atoms with Crippen LogP contribution in [0.2, 0.25) is 0 Å². The number of hydrogen-bond acceptors (Lipinski definition) is 8. The zero-order valence-corrected chi connectivity index (χ0v) is 21.3. The van der Waals surface area contributed by atoms with Crippen molar-refractivity contribution in [3.63, 3.8) is 0 Å². The van der Waals surface area contributed by atoms with E-state index in [-0.39, 0.29) is 17.6 Å². The molecule has 0 bridgehead atoms. The van der Waals surface area contributed by atoms with Crippen molar-refractivity contribution in [3.05, 3.63) is 81.8 Å². The zero-order valence-electron chi connectivity index (χ0n) is 21.3. The maximum Gasteiger partial charge on any atom is 0.343 e. The van der Waals surface area contributed by atoms with Gasteiger partial charge in [0.2, 0.25) is 11.4 Å². The molecule has 1 fully saturated rings. The van der Waals surface area contributed by atoms with E-state index in [1.807, 2.05) is 18.2 Å². The van der Waals surface area contributed by atoms with E-state index in [9.17, 15) is 9.59 Å². The molecule has 1 saturated heterocycles. The number of rotatable bonds is 6. The smallest absolute Gasteiger partial charge is 0.343 e. The van der Waals surface area contributed by atoms with Crippen molar-refractivity contribution in [1.82, 2.24) is 14.5 Å². The van der Waals surface area contributed by atoms with E-state index >= 15 is 0 Å². The first-order chi connectivity index (χ1) is 18.6. The largest absolute Gasteiger partial charge is 0.462 e. The SMILES string of the molecule is CCOC(=O)c1cn(-c2ccc3c(c2)CCC3)c2nc(Nc3ccc(N4CCOCC4)cc3)ncc2c1=O. The van der Waals surface area contributed by atoms with Gasteiger partial charge in [-0.3, -0.25) is 4.79 Å². The summed E-state index contributed by atoms with van der Waals surface area (Å²) in [6.07, 6.45) is 6.21. The molecule has 0 amide bonds. The molecule has 2 aromatic carbocycles. The second-order valence-corrected chi connectivity index (χ2v) is 9.47. The first-order valence-electron chi connectivity index (χ1n) is 13.0. The lowest BCUT2D eigenvalue weighted by atomic mass is 10.1. The van der Waals surface area contributed by atoms with E-state index < -0.39 is 11.4 Å². The van der Waals surface area contributed by atoms with Crippen LogP contribution in [0.5, 0.6) is 0 Å². The Hall–Kier alpha value is -4.24. The van der Waals surface area contributed by atoms with Gasteiger partial charge < -0.3 is 24.3 Å². The Labute approximate surface area is 220 Å². The Morgan fingerprint density at radius 3 is 2.61 bits per heavy atom. The first kappa shape index (κ1) is 24.1. The molecule has 2 aliphatic rings. The van der Waals surface area contributed by atoms with E-state index in [2.05, 4.69) is 39.5 Å². The number of anilines is 3. The summed E-state index contributed by atoms with van der Waals surface area (Å²) in [5.74, 6) is -0.299. The lowest BCUT2D eigenvalue weighted by Gasteiger charge is -2.28. The van der Waals surface area contributed by atoms with Gasteiger partial charge in [-0.15, -0.1) is 0 Å². The van der Waals surface area contributed by atoms with Crippen molar-refractivity contribution in [2.45, 2.75) is 26.2 Å². The second kappa shape index (κ2) is 10.3. The molecule has 3 heterocycles. The minimum atomic E-state index is -0.656. The van der Waals surface area contributed by atoms with Crippen LogP contribution in [0.4, 0.5) is 17.3 Å². The third-order valence-corrected chi connectivity index (χ3v) is 7.10. The van der Waals surface area contributed by atoms with Gasteiger partial charge in [-0.2, -0.15) is 4.98 Å². The molecule has 0 saturated carbocycles. The Kier molecular flexibility index (Phi) is 6.51. The summed E-state index contributed by atoms with van der Waals surface area (Å²) in [5.41, 5.74) is 5.34. The molecule has 9 heteroatoms. The van der Waals surface area contributed by atoms with Crippen molar-refractivity contribution in [2.24, 2.45) is 0 Å². The molecular weight excluding hydrogens is 482 g/mol. The number of carbonyl (C=O) groups excluding carboxylic acids is 1. The topological polar surface area (TPSA) is 98.6 Å². The van der Waals surface area contributed by atoms with Crippen LogP contribution >= 0.6 is 0 Å². The molecule has 1 aliphatic carbocycles. The Morgan fingerprint density at radius 1 is 1.05 bits per heavy atom. The van der Waals surface area contributed by atoms with Gasteiger partial charge >= 0.3 is 5.97 Å². The summed E-state index contributed by atoms with van der Waals surface area (Å²) < 4.78 is 12.4. The van der Waals surface area contributed by atoms with E-state index in [4.69, 9.17) is 14.5 Å². The predicted octanol–water partition coefficient (Wildman–Crippen LogP) is 4.03. The van der Waals surface area contributed by atoms with Crippen LogP contribution in [0.25, 0.3) is 16.7 Å². The maximum absolute atomic E-state index is 13.2. The van der Waals surface area contributed by atoms with Crippen LogP contribution in [0, 0.1) is 0 Å². The van der Waals surface area contributed by atoms with Gasteiger partial charge in [0.25, 0.3) is 0 Å². The quantitative estimate of drug-likeness (QED) is 0.388. The monoisotopic (exact) mass is 511 g/mol. The molecule has 0 spiro atoms. The molecule has 4 aromatic rings. The van der Waals surface area contributed by atoms with Gasteiger partial charge in [-0.1, -0.05) is 6.07 Å². The number of morpholine rings is 1. The van der Waals surface area contributed by atoms with E-state index in [0.717, 1.165) is 62.6 Å². The molecule has 1 aliphatic heterocycles. The predicted molar refractivity (Wildman–Crippen MR) is 146 cm³/mol. The van der Waals surface area contributed by atoms with Gasteiger partial charge in [0, 0.05) is 42.5 Å². The standard InChI is InChI=1S/C29H29N5O4/c1-2-38-28(36)25-18-34(23-9-6-19-4-3-5-20(19)16-23)27-24(26(25)35)17-30-29(32-27)31-21-7-10-22(11-8-21)33-12-14-37-15-13-33/h6-11,16-18H,2-5,12-15H2,1H3,(H,30,31,32). The number of aromatic nitrogens is 3. The number of nitrogens with zero attached hydrogens (tertiary/aromatic N) is 4. The summed E-state index contributed by atoms with van der Waals surface area (Å²) in [7, 11) is 0. The summed E-state index contributed by atoms with van der Waals surface area (Å²) in [6.45, 7) is 5.10. The Balaban J connectivity index is 1.39. The molecule has 38 heavy (non-hydrogen) atoms. The fourth-order valence-electron chi connectivity index (χ4n) is 5.14. The van der Waals surface area contributed by atoms with Gasteiger partial charge in [-0.05, 0) is 73.7 Å². The molecule has 1 N–H and O–H groups in total. The zero-order chi connectivity index (χ0) is 26.1. The van der Waals surface area contributed by atoms with E-state index in [0.29, 0.717) is 11.6 Å². The summed E-state index contributed by atoms with van der Waals surface area (Å²) in [6, 6.07) is 14.3. The van der Waals surface area contributed by atoms with Crippen LogP contribution in [0.1, 0.15) is 34.8 Å². The fraction of sp³-hybridized carbons (Fsp3) is 0.310. The number of aryl methyl sites for hydroxylation is 2. The number of esters is 1. The summed E-state index contributed by atoms with van der Waals surface area (Å²) in [4.78, 5) is 37.3. The first-order valence-corrected chi connectivity index (χ1v) is 13.0. The van der Waals surface area contributed by atoms with Crippen molar-refractivity contribution >= 4 is 34.3 Å². The van der Waals surface area contributed by atoms with Crippen molar-refractivity contribution in [2.75, 3.05) is 43.1 Å². The van der Waals surface area contributed by atoms with E-state index in [1.54, 1.807) is 11.5 Å². The highest BCUT2D eigenvalue weighted by molar-refractivity contribution is 5.93. The average molecular weight is 512 g/mol. The number of benzene rings is 2. The summed E-state index contributed by atoms with van der Waals surface area (Å²) >= 11 is 0. The second-order valence-electron chi connectivity index (χ2n) is 9.47. The highest BCUT2D eigenvalue weighted by Gasteiger charge is 2.20. The minimum absolute atomic E-state index is 0.0390. The number of hydrogen-bond donors (Lipinski definition) is 1. The average Bonchev–Trinajstić information content (AvgIpc) is 3.42. The molecule has 194 valence electrons. The van der Waals surface area contributed by atoms with Gasteiger partial charge in [0.05, 0.1) is 25.2 Å². The Morgan fingerprint density at radius 2 is 1.82 bits per heavy atom. The third-order valence-electron chi connectivity index (χ3n) is 7.10. The minimum Gasteiger partial charge on any atom is -0.462 e. The number of nitrogens with one attached hydrogen (secondary N) is 1. The van der Waals surface area contributed by atoms with Crippen molar-refractivity contribution in [1.29, 1.82) is 0 Å². The van der Waals surface area contributed by atoms with Crippen molar-refractivity contribution < 1.29 is 14.3 Å². The molecular formula is C29H29N5O4. The van der Waals surface area contributed by atoms with E-state index in [1.165, 1.54) is 23.5 Å². The molecule has 9 nitrogen and oxygen atoms in total. The van der Waals surface area contributed by atoms with Crippen LogP contribution in [0.15, 0.2) is 59.7 Å². The molecule has 2 aromatic heterocycles. The highest BCUT2D eigenvalue weighted by atomic mass is 16.5. The molecule has 0 unspecified atom stereocenters. The van der Waals surface area contributed by atoms with Gasteiger partial charge in [-0.25, -0.2) is 9.78 Å².